The molecule has 0 aliphatic heterocycles. The van der Waals surface area contributed by atoms with Gasteiger partial charge in [0.2, 0.25) is 5.13 Å². The highest BCUT2D eigenvalue weighted by Crippen LogP contribution is 2.26. The van der Waals surface area contributed by atoms with Gasteiger partial charge in [-0.3, -0.25) is 5.32 Å². The maximum Gasteiger partial charge on any atom is 0.418 e. The number of nitrogens with one attached hydrogen (secondary N) is 1. The molecule has 21 heavy (non-hydrogen) atoms. The van der Waals surface area contributed by atoms with E-state index in [1.165, 1.54) is 11.3 Å². The monoisotopic (exact) mass is 297 g/mol. The van der Waals surface area contributed by atoms with Crippen LogP contribution >= 0.6 is 11.3 Å². The molecule has 0 atom stereocenters. The van der Waals surface area contributed by atoms with Gasteiger partial charge >= 0.3 is 6.09 Å². The van der Waals surface area contributed by atoms with Gasteiger partial charge in [0.05, 0.1) is 0 Å². The Morgan fingerprint density at radius 2 is 1.62 bits per heavy atom. The van der Waals surface area contributed by atoms with Crippen LogP contribution in [-0.2, 0) is 0 Å². The number of hydrogen-bond acceptors (Lipinski definition) is 5. The molecule has 1 amide bonds. The van der Waals surface area contributed by atoms with Gasteiger partial charge < -0.3 is 4.74 Å². The SMILES string of the molecule is O=C(Nc1nnc(-c2ccccc2)s1)Oc1ccccc1. The van der Waals surface area contributed by atoms with Crippen molar-refractivity contribution in [1.82, 2.24) is 10.2 Å². The number of ether oxygens (including phenoxy) is 1. The number of hydrogen-bond donors (Lipinski definition) is 1. The third kappa shape index (κ3) is 3.43. The standard InChI is InChI=1S/C15H11N3O2S/c19-15(20-12-9-5-2-6-10-12)16-14-18-17-13(21-14)11-7-3-1-4-8-11/h1-10H,(H,16,18,19). The van der Waals surface area contributed by atoms with Crippen molar-refractivity contribution >= 4 is 22.6 Å². The predicted octanol–water partition coefficient (Wildman–Crippen LogP) is 3.82. The first-order chi connectivity index (χ1) is 10.3. The molecule has 1 N–H and O–H groups in total. The van der Waals surface area contributed by atoms with E-state index in [0.29, 0.717) is 10.9 Å². The minimum atomic E-state index is -0.586. The highest BCUT2D eigenvalue weighted by molar-refractivity contribution is 7.18. The molecule has 0 aliphatic rings. The van der Waals surface area contributed by atoms with Crippen molar-refractivity contribution in [3.63, 3.8) is 0 Å². The number of carbonyl (C=O) groups is 1. The van der Waals surface area contributed by atoms with Crippen molar-refractivity contribution in [1.29, 1.82) is 0 Å². The van der Waals surface area contributed by atoms with Crippen molar-refractivity contribution in [2.75, 3.05) is 5.32 Å². The quantitative estimate of drug-likeness (QED) is 0.798. The second kappa shape index (κ2) is 6.15. The van der Waals surface area contributed by atoms with Gasteiger partial charge in [0.25, 0.3) is 0 Å². The number of para-hydroxylation sites is 1. The third-order valence-electron chi connectivity index (χ3n) is 2.61. The number of benzene rings is 2. The zero-order valence-corrected chi connectivity index (χ0v) is 11.7. The topological polar surface area (TPSA) is 64.1 Å². The van der Waals surface area contributed by atoms with Crippen molar-refractivity contribution in [3.05, 3.63) is 60.7 Å². The Morgan fingerprint density at radius 3 is 2.33 bits per heavy atom. The molecule has 3 aromatic rings. The van der Waals surface area contributed by atoms with Crippen LogP contribution in [0, 0.1) is 0 Å². The summed E-state index contributed by atoms with van der Waals surface area (Å²) in [6, 6.07) is 18.5. The summed E-state index contributed by atoms with van der Waals surface area (Å²) < 4.78 is 5.12. The number of rotatable bonds is 3. The third-order valence-corrected chi connectivity index (χ3v) is 3.50. The molecule has 0 unspecified atom stereocenters. The van der Waals surface area contributed by atoms with E-state index in [1.807, 2.05) is 36.4 Å². The van der Waals surface area contributed by atoms with E-state index >= 15 is 0 Å². The Hall–Kier alpha value is -2.73. The molecular weight excluding hydrogens is 286 g/mol. The second-order valence-electron chi connectivity index (χ2n) is 4.11. The van der Waals surface area contributed by atoms with Crippen LogP contribution in [0.1, 0.15) is 0 Å². The lowest BCUT2D eigenvalue weighted by atomic mass is 10.2. The van der Waals surface area contributed by atoms with E-state index < -0.39 is 6.09 Å². The first kappa shape index (κ1) is 13.3. The van der Waals surface area contributed by atoms with Crippen molar-refractivity contribution in [2.24, 2.45) is 0 Å². The van der Waals surface area contributed by atoms with Gasteiger partial charge in [0.15, 0.2) is 0 Å². The largest absolute Gasteiger partial charge is 0.418 e. The summed E-state index contributed by atoms with van der Waals surface area (Å²) in [5.41, 5.74) is 0.958. The summed E-state index contributed by atoms with van der Waals surface area (Å²) in [5, 5.41) is 11.7. The number of anilines is 1. The lowest BCUT2D eigenvalue weighted by Crippen LogP contribution is -2.16. The number of carbonyl (C=O) groups excluding carboxylic acids is 1. The molecule has 3 rings (SSSR count). The van der Waals surface area contributed by atoms with E-state index in [4.69, 9.17) is 4.74 Å². The molecule has 104 valence electrons. The average Bonchev–Trinajstić information content (AvgIpc) is 2.97. The summed E-state index contributed by atoms with van der Waals surface area (Å²) >= 11 is 1.29. The van der Waals surface area contributed by atoms with E-state index in [1.54, 1.807) is 24.3 Å². The van der Waals surface area contributed by atoms with Gasteiger partial charge in [0, 0.05) is 5.56 Å². The molecule has 2 aromatic carbocycles. The molecule has 1 aromatic heterocycles. The van der Waals surface area contributed by atoms with Gasteiger partial charge in [0.1, 0.15) is 10.8 Å². The molecule has 0 saturated carbocycles. The number of amides is 1. The summed E-state index contributed by atoms with van der Waals surface area (Å²) in [7, 11) is 0. The van der Waals surface area contributed by atoms with Gasteiger partial charge in [-0.15, -0.1) is 10.2 Å². The number of aromatic nitrogens is 2. The van der Waals surface area contributed by atoms with Crippen LogP contribution in [0.25, 0.3) is 10.6 Å². The summed E-state index contributed by atoms with van der Waals surface area (Å²) in [6.45, 7) is 0. The lowest BCUT2D eigenvalue weighted by Gasteiger charge is -2.02. The van der Waals surface area contributed by atoms with Crippen LogP contribution in [0.3, 0.4) is 0 Å². The maximum atomic E-state index is 11.7. The zero-order valence-electron chi connectivity index (χ0n) is 10.9. The normalized spacial score (nSPS) is 10.1. The van der Waals surface area contributed by atoms with Gasteiger partial charge in [-0.05, 0) is 12.1 Å². The molecule has 0 aliphatic carbocycles. The Morgan fingerprint density at radius 1 is 0.952 bits per heavy atom. The van der Waals surface area contributed by atoms with Crippen molar-refractivity contribution in [2.45, 2.75) is 0 Å². The first-order valence-corrected chi connectivity index (χ1v) is 7.06. The molecule has 0 bridgehead atoms. The molecule has 1 heterocycles. The number of nitrogens with zero attached hydrogens (tertiary/aromatic N) is 2. The maximum absolute atomic E-state index is 11.7. The second-order valence-corrected chi connectivity index (χ2v) is 5.08. The minimum Gasteiger partial charge on any atom is -0.410 e. The van der Waals surface area contributed by atoms with Crippen LogP contribution in [0.4, 0.5) is 9.93 Å². The molecule has 5 nitrogen and oxygen atoms in total. The molecule has 0 spiro atoms. The summed E-state index contributed by atoms with van der Waals surface area (Å²) in [5.74, 6) is 0.475. The van der Waals surface area contributed by atoms with E-state index in [2.05, 4.69) is 15.5 Å². The van der Waals surface area contributed by atoms with Crippen LogP contribution < -0.4 is 10.1 Å². The van der Waals surface area contributed by atoms with E-state index in [0.717, 1.165) is 10.6 Å². The summed E-state index contributed by atoms with van der Waals surface area (Å²) in [6.07, 6.45) is -0.586. The highest BCUT2D eigenvalue weighted by Gasteiger charge is 2.10. The lowest BCUT2D eigenvalue weighted by molar-refractivity contribution is 0.215. The predicted molar refractivity (Wildman–Crippen MR) is 81.4 cm³/mol. The minimum absolute atomic E-state index is 0.398. The van der Waals surface area contributed by atoms with Crippen molar-refractivity contribution < 1.29 is 9.53 Å². The Balaban J connectivity index is 1.66. The molecular formula is C15H11N3O2S. The first-order valence-electron chi connectivity index (χ1n) is 6.24. The Labute approximate surface area is 125 Å². The van der Waals surface area contributed by atoms with Crippen LogP contribution in [0.5, 0.6) is 5.75 Å². The zero-order chi connectivity index (χ0) is 14.5. The van der Waals surface area contributed by atoms with E-state index in [9.17, 15) is 4.79 Å². The summed E-state index contributed by atoms with van der Waals surface area (Å²) in [4.78, 5) is 11.7. The Kier molecular flexibility index (Phi) is 3.88. The van der Waals surface area contributed by atoms with Gasteiger partial charge in [-0.2, -0.15) is 0 Å². The fourth-order valence-electron chi connectivity index (χ4n) is 1.68. The van der Waals surface area contributed by atoms with Gasteiger partial charge in [-0.1, -0.05) is 59.9 Å². The van der Waals surface area contributed by atoms with Crippen LogP contribution in [0.15, 0.2) is 60.7 Å². The fourth-order valence-corrected chi connectivity index (χ4v) is 2.41. The van der Waals surface area contributed by atoms with Crippen LogP contribution in [0.2, 0.25) is 0 Å². The van der Waals surface area contributed by atoms with Crippen LogP contribution in [-0.4, -0.2) is 16.3 Å². The Bertz CT molecular complexity index is 729. The highest BCUT2D eigenvalue weighted by atomic mass is 32.1. The molecule has 0 saturated heterocycles. The van der Waals surface area contributed by atoms with E-state index in [-0.39, 0.29) is 0 Å². The van der Waals surface area contributed by atoms with Crippen molar-refractivity contribution in [3.8, 4) is 16.3 Å². The fraction of sp³-hybridized carbons (Fsp3) is 0. The molecule has 0 radical (unpaired) electrons. The molecule has 6 heteroatoms. The van der Waals surface area contributed by atoms with Gasteiger partial charge in [-0.25, -0.2) is 4.79 Å². The molecule has 0 fully saturated rings. The smallest absolute Gasteiger partial charge is 0.410 e. The average molecular weight is 297 g/mol.